The van der Waals surface area contributed by atoms with Crippen molar-refractivity contribution in [3.05, 3.63) is 0 Å². The highest BCUT2D eigenvalue weighted by molar-refractivity contribution is 6.70. The molecule has 4 aliphatic carbocycles. The van der Waals surface area contributed by atoms with Crippen LogP contribution in [0.4, 0.5) is 0 Å². The first-order valence-corrected chi connectivity index (χ1v) is 24.7. The fourth-order valence-corrected chi connectivity index (χ4v) is 12.5. The van der Waals surface area contributed by atoms with E-state index in [1.807, 2.05) is 0 Å². The molecule has 4 rings (SSSR count). The summed E-state index contributed by atoms with van der Waals surface area (Å²) in [6.07, 6.45) is 11.9. The van der Waals surface area contributed by atoms with Crippen molar-refractivity contribution in [2.24, 2.45) is 34.5 Å². The molecule has 0 heterocycles. The summed E-state index contributed by atoms with van der Waals surface area (Å²) in [5.41, 5.74) is 0.798. The minimum atomic E-state index is -1.63. The van der Waals surface area contributed by atoms with Gasteiger partial charge in [0, 0.05) is 12.2 Å². The highest BCUT2D eigenvalue weighted by Gasteiger charge is 2.63. The van der Waals surface area contributed by atoms with E-state index in [0.717, 1.165) is 23.7 Å². The van der Waals surface area contributed by atoms with E-state index in [1.54, 1.807) is 0 Å². The van der Waals surface area contributed by atoms with E-state index in [9.17, 15) is 0 Å². The average molecular weight is 525 g/mol. The van der Waals surface area contributed by atoms with Crippen molar-refractivity contribution in [3.63, 3.8) is 0 Å². The van der Waals surface area contributed by atoms with Crippen LogP contribution in [-0.4, -0.2) is 43.3 Å². The van der Waals surface area contributed by atoms with E-state index in [1.165, 1.54) is 51.4 Å². The summed E-state index contributed by atoms with van der Waals surface area (Å²) >= 11 is 0. The molecule has 0 aromatic rings. The van der Waals surface area contributed by atoms with Gasteiger partial charge >= 0.3 is 0 Å². The van der Waals surface area contributed by atoms with Crippen LogP contribution in [0.15, 0.2) is 0 Å². The molecule has 0 N–H and O–H groups in total. The molecule has 6 heteroatoms. The first-order chi connectivity index (χ1) is 15.4. The monoisotopic (exact) mass is 524 g/mol. The Labute approximate surface area is 214 Å². The molecule has 34 heavy (non-hydrogen) atoms. The Bertz CT molecular complexity index is 739. The van der Waals surface area contributed by atoms with Crippen molar-refractivity contribution in [1.29, 1.82) is 0 Å². The topological polar surface area (TPSA) is 27.7 Å². The van der Waals surface area contributed by atoms with Crippen LogP contribution < -0.4 is 0 Å². The van der Waals surface area contributed by atoms with E-state index >= 15 is 0 Å². The van der Waals surface area contributed by atoms with Crippen LogP contribution in [0.1, 0.15) is 65.2 Å². The maximum Gasteiger partial charge on any atom is 0.184 e. The lowest BCUT2D eigenvalue weighted by atomic mass is 9.44. The quantitative estimate of drug-likeness (QED) is 0.327. The largest absolute Gasteiger partial charge is 0.415 e. The van der Waals surface area contributed by atoms with Crippen LogP contribution >= 0.6 is 0 Å². The Hall–Kier alpha value is 0.531. The van der Waals surface area contributed by atoms with E-state index in [2.05, 4.69) is 72.8 Å². The molecule has 4 aliphatic rings. The molecule has 4 fully saturated rings. The zero-order chi connectivity index (χ0) is 25.3. The van der Waals surface area contributed by atoms with Crippen molar-refractivity contribution in [3.8, 4) is 0 Å². The molecule has 9 atom stereocenters. The SMILES string of the molecule is C[C@]12CC[C@H](O[Si](C)(C)C)C[C@@H]1C[C@@H](O[Si](C)(C)C)[C@@H]1[C@@H]2CC[C@]2(C)[C@@H](O[Si](C)(C)C)CC[C@@H]12. The number of fused-ring (bicyclic) bond motifs is 5. The molecule has 0 spiro atoms. The molecule has 0 bridgehead atoms. The molecule has 0 aromatic carbocycles. The van der Waals surface area contributed by atoms with Gasteiger partial charge in [0.05, 0.1) is 6.10 Å². The standard InChI is InChI=1S/C28H56O3Si3/c1-27-16-14-21(29-32(3,4)5)18-20(27)19-24(30-33(6,7)8)26-22-12-13-25(31-34(9,10)11)28(22,2)17-15-23(26)27/h20-26H,12-19H2,1-11H3/t20-,21+,22+,23+,24-,25+,26+,27+,28+/m1/s1. The van der Waals surface area contributed by atoms with Gasteiger partial charge in [-0.2, -0.15) is 0 Å². The van der Waals surface area contributed by atoms with E-state index in [0.29, 0.717) is 29.1 Å². The molecule has 198 valence electrons. The van der Waals surface area contributed by atoms with Gasteiger partial charge in [-0.1, -0.05) is 13.8 Å². The predicted octanol–water partition coefficient (Wildman–Crippen LogP) is 8.30. The van der Waals surface area contributed by atoms with Gasteiger partial charge in [0.1, 0.15) is 0 Å². The molecule has 0 aromatic heterocycles. The van der Waals surface area contributed by atoms with Crippen LogP contribution in [0.3, 0.4) is 0 Å². The van der Waals surface area contributed by atoms with E-state index < -0.39 is 25.0 Å². The summed E-state index contributed by atoms with van der Waals surface area (Å²) in [5, 5.41) is 0. The highest BCUT2D eigenvalue weighted by Crippen LogP contribution is 2.67. The van der Waals surface area contributed by atoms with Gasteiger partial charge in [0.2, 0.25) is 0 Å². The predicted molar refractivity (Wildman–Crippen MR) is 152 cm³/mol. The Morgan fingerprint density at radius 3 is 1.74 bits per heavy atom. The van der Waals surface area contributed by atoms with Gasteiger partial charge in [0.15, 0.2) is 25.0 Å². The van der Waals surface area contributed by atoms with Crippen LogP contribution in [0.25, 0.3) is 0 Å². The molecule has 0 aliphatic heterocycles. The Kier molecular flexibility index (Phi) is 7.36. The van der Waals surface area contributed by atoms with Crippen molar-refractivity contribution in [2.45, 2.75) is 142 Å². The van der Waals surface area contributed by atoms with Gasteiger partial charge in [0.25, 0.3) is 0 Å². The van der Waals surface area contributed by atoms with Crippen LogP contribution in [0.5, 0.6) is 0 Å². The van der Waals surface area contributed by atoms with Crippen molar-refractivity contribution >= 4 is 25.0 Å². The summed E-state index contributed by atoms with van der Waals surface area (Å²) in [7, 11) is -4.68. The van der Waals surface area contributed by atoms with Crippen molar-refractivity contribution < 1.29 is 13.3 Å². The van der Waals surface area contributed by atoms with E-state index in [4.69, 9.17) is 13.3 Å². The number of hydrogen-bond acceptors (Lipinski definition) is 3. The van der Waals surface area contributed by atoms with Gasteiger partial charge in [-0.05, 0) is 145 Å². The maximum atomic E-state index is 7.14. The van der Waals surface area contributed by atoms with Gasteiger partial charge in [-0.25, -0.2) is 0 Å². The lowest BCUT2D eigenvalue weighted by Crippen LogP contribution is -2.61. The highest BCUT2D eigenvalue weighted by atomic mass is 28.4. The Morgan fingerprint density at radius 2 is 1.15 bits per heavy atom. The van der Waals surface area contributed by atoms with Gasteiger partial charge < -0.3 is 13.3 Å². The summed E-state index contributed by atoms with van der Waals surface area (Å²) in [6, 6.07) is 0. The minimum absolute atomic E-state index is 0.337. The third kappa shape index (κ3) is 5.52. The molecule has 0 saturated heterocycles. The van der Waals surface area contributed by atoms with Gasteiger partial charge in [-0.15, -0.1) is 0 Å². The van der Waals surface area contributed by atoms with E-state index in [-0.39, 0.29) is 0 Å². The second kappa shape index (κ2) is 9.07. The lowest BCUT2D eigenvalue weighted by molar-refractivity contribution is -0.170. The second-order valence-electron chi connectivity index (χ2n) is 16.0. The summed E-state index contributed by atoms with van der Waals surface area (Å²) in [4.78, 5) is 0. The summed E-state index contributed by atoms with van der Waals surface area (Å²) < 4.78 is 20.7. The minimum Gasteiger partial charge on any atom is -0.415 e. The molecular formula is C28H56O3Si3. The molecule has 0 amide bonds. The van der Waals surface area contributed by atoms with Crippen molar-refractivity contribution in [1.82, 2.24) is 0 Å². The third-order valence-corrected chi connectivity index (χ3v) is 13.1. The summed E-state index contributed by atoms with van der Waals surface area (Å²) in [5.74, 6) is 3.05. The normalized spacial score (nSPS) is 45.4. The fourth-order valence-electron chi connectivity index (χ4n) is 8.91. The fraction of sp³-hybridized carbons (Fsp3) is 1.00. The zero-order valence-electron chi connectivity index (χ0n) is 24.4. The van der Waals surface area contributed by atoms with Crippen LogP contribution in [0, 0.1) is 34.5 Å². The molecule has 0 radical (unpaired) electrons. The lowest BCUT2D eigenvalue weighted by Gasteiger charge is -2.63. The molecule has 3 nitrogen and oxygen atoms in total. The number of hydrogen-bond donors (Lipinski definition) is 0. The second-order valence-corrected chi connectivity index (χ2v) is 29.3. The molecular weight excluding hydrogens is 469 g/mol. The van der Waals surface area contributed by atoms with Crippen molar-refractivity contribution in [2.75, 3.05) is 0 Å². The Morgan fingerprint density at radius 1 is 0.588 bits per heavy atom. The maximum absolute atomic E-state index is 7.14. The van der Waals surface area contributed by atoms with Gasteiger partial charge in [-0.3, -0.25) is 0 Å². The Balaban J connectivity index is 1.63. The smallest absolute Gasteiger partial charge is 0.184 e. The first kappa shape index (κ1) is 27.6. The summed E-state index contributed by atoms with van der Waals surface area (Å²) in [6.45, 7) is 26.7. The average Bonchev–Trinajstić information content (AvgIpc) is 2.95. The van der Waals surface area contributed by atoms with Crippen LogP contribution in [0.2, 0.25) is 58.9 Å². The first-order valence-electron chi connectivity index (χ1n) is 14.4. The zero-order valence-corrected chi connectivity index (χ0v) is 27.4. The number of rotatable bonds is 6. The van der Waals surface area contributed by atoms with Crippen LogP contribution in [-0.2, 0) is 13.3 Å². The molecule has 0 unspecified atom stereocenters. The molecule has 4 saturated carbocycles. The third-order valence-electron chi connectivity index (χ3n) is 10.0.